The molecule has 3 nitrogen and oxygen atoms in total. The Morgan fingerprint density at radius 2 is 1.80 bits per heavy atom. The SMILES string of the molecule is CCc1cnc(CCC2CC=CC2)nc1C(=O)c1cc(C)cc(C)c1. The first-order valence-corrected chi connectivity index (χ1v) is 9.19. The molecule has 25 heavy (non-hydrogen) atoms. The van der Waals surface area contributed by atoms with Gasteiger partial charge in [0, 0.05) is 18.2 Å². The molecular weight excluding hydrogens is 308 g/mol. The summed E-state index contributed by atoms with van der Waals surface area (Å²) in [5.41, 5.74) is 4.42. The van der Waals surface area contributed by atoms with Crippen LogP contribution in [0, 0.1) is 19.8 Å². The highest BCUT2D eigenvalue weighted by Gasteiger charge is 2.18. The summed E-state index contributed by atoms with van der Waals surface area (Å²) in [6.45, 7) is 6.08. The van der Waals surface area contributed by atoms with Gasteiger partial charge in [0.05, 0.1) is 0 Å². The van der Waals surface area contributed by atoms with Crippen LogP contribution in [-0.2, 0) is 12.8 Å². The van der Waals surface area contributed by atoms with Gasteiger partial charge in [-0.3, -0.25) is 4.79 Å². The van der Waals surface area contributed by atoms with Gasteiger partial charge in [0.15, 0.2) is 0 Å². The maximum atomic E-state index is 13.0. The number of allylic oxidation sites excluding steroid dienone is 2. The molecule has 3 rings (SSSR count). The molecule has 0 spiro atoms. The number of hydrogen-bond acceptors (Lipinski definition) is 3. The van der Waals surface area contributed by atoms with Crippen molar-refractivity contribution in [2.45, 2.75) is 52.9 Å². The molecule has 130 valence electrons. The second kappa shape index (κ2) is 7.73. The zero-order chi connectivity index (χ0) is 17.8. The molecule has 1 aliphatic rings. The van der Waals surface area contributed by atoms with E-state index < -0.39 is 0 Å². The van der Waals surface area contributed by atoms with Crippen molar-refractivity contribution in [3.63, 3.8) is 0 Å². The second-order valence-electron chi connectivity index (χ2n) is 7.07. The Labute approximate surface area is 150 Å². The average Bonchev–Trinajstić information content (AvgIpc) is 3.11. The van der Waals surface area contributed by atoms with Gasteiger partial charge >= 0.3 is 0 Å². The first-order chi connectivity index (χ1) is 12.1. The van der Waals surface area contributed by atoms with E-state index in [4.69, 9.17) is 0 Å². The van der Waals surface area contributed by atoms with Gasteiger partial charge in [-0.1, -0.05) is 36.3 Å². The molecule has 0 amide bonds. The van der Waals surface area contributed by atoms with Crippen LogP contribution in [0.15, 0.2) is 36.5 Å². The van der Waals surface area contributed by atoms with Crippen molar-refractivity contribution in [3.8, 4) is 0 Å². The Morgan fingerprint density at radius 1 is 1.12 bits per heavy atom. The average molecular weight is 334 g/mol. The lowest BCUT2D eigenvalue weighted by molar-refractivity contribution is 0.103. The van der Waals surface area contributed by atoms with E-state index >= 15 is 0 Å². The smallest absolute Gasteiger partial charge is 0.211 e. The van der Waals surface area contributed by atoms with Crippen molar-refractivity contribution < 1.29 is 4.79 Å². The topological polar surface area (TPSA) is 42.9 Å². The summed E-state index contributed by atoms with van der Waals surface area (Å²) in [5.74, 6) is 1.50. The minimum Gasteiger partial charge on any atom is -0.287 e. The summed E-state index contributed by atoms with van der Waals surface area (Å²) >= 11 is 0. The molecular formula is C22H26N2O. The van der Waals surface area contributed by atoms with E-state index in [2.05, 4.69) is 28.2 Å². The minimum absolute atomic E-state index is 0.00910. The van der Waals surface area contributed by atoms with Crippen molar-refractivity contribution in [3.05, 3.63) is 70.3 Å². The summed E-state index contributed by atoms with van der Waals surface area (Å²) < 4.78 is 0. The highest BCUT2D eigenvalue weighted by atomic mass is 16.1. The summed E-state index contributed by atoms with van der Waals surface area (Å²) in [7, 11) is 0. The molecule has 0 aliphatic heterocycles. The standard InChI is InChI=1S/C22H26N2O/c1-4-18-14-23-20(10-9-17-7-5-6-8-17)24-21(18)22(25)19-12-15(2)11-16(3)13-19/h5-6,11-14,17H,4,7-10H2,1-3H3. The summed E-state index contributed by atoms with van der Waals surface area (Å²) in [4.78, 5) is 22.2. The predicted octanol–water partition coefficient (Wildman–Crippen LogP) is 4.79. The maximum Gasteiger partial charge on any atom is 0.211 e. The molecule has 0 bridgehead atoms. The molecule has 0 saturated heterocycles. The van der Waals surface area contributed by atoms with Crippen LogP contribution in [0.2, 0.25) is 0 Å². The predicted molar refractivity (Wildman–Crippen MR) is 101 cm³/mol. The number of carbonyl (C=O) groups excluding carboxylic acids is 1. The molecule has 2 aromatic rings. The van der Waals surface area contributed by atoms with Gasteiger partial charge in [-0.25, -0.2) is 9.97 Å². The lowest BCUT2D eigenvalue weighted by Gasteiger charge is -2.11. The Hall–Kier alpha value is -2.29. The van der Waals surface area contributed by atoms with Crippen molar-refractivity contribution in [1.29, 1.82) is 0 Å². The molecule has 0 fully saturated rings. The number of aromatic nitrogens is 2. The number of hydrogen-bond donors (Lipinski definition) is 0. The fraction of sp³-hybridized carbons (Fsp3) is 0.409. The minimum atomic E-state index is 0.00910. The van der Waals surface area contributed by atoms with Gasteiger partial charge in [0.2, 0.25) is 5.78 Å². The van der Waals surface area contributed by atoms with E-state index in [0.717, 1.165) is 60.2 Å². The van der Waals surface area contributed by atoms with Crippen LogP contribution in [-0.4, -0.2) is 15.8 Å². The van der Waals surface area contributed by atoms with E-state index in [9.17, 15) is 4.79 Å². The van der Waals surface area contributed by atoms with Gasteiger partial charge in [0.25, 0.3) is 0 Å². The monoisotopic (exact) mass is 334 g/mol. The van der Waals surface area contributed by atoms with Crippen LogP contribution in [0.5, 0.6) is 0 Å². The fourth-order valence-corrected chi connectivity index (χ4v) is 3.50. The zero-order valence-electron chi connectivity index (χ0n) is 15.4. The Kier molecular flexibility index (Phi) is 5.42. The Balaban J connectivity index is 1.84. The molecule has 0 N–H and O–H groups in total. The third kappa shape index (κ3) is 4.22. The second-order valence-corrected chi connectivity index (χ2v) is 7.07. The number of rotatable bonds is 6. The molecule has 0 atom stereocenters. The van der Waals surface area contributed by atoms with Gasteiger partial charge in [0.1, 0.15) is 11.5 Å². The number of nitrogens with zero attached hydrogens (tertiary/aromatic N) is 2. The van der Waals surface area contributed by atoms with E-state index in [1.807, 2.05) is 39.1 Å². The van der Waals surface area contributed by atoms with E-state index in [-0.39, 0.29) is 5.78 Å². The molecule has 1 aromatic heterocycles. The highest BCUT2D eigenvalue weighted by Crippen LogP contribution is 2.23. The van der Waals surface area contributed by atoms with Crippen molar-refractivity contribution >= 4 is 5.78 Å². The Morgan fingerprint density at radius 3 is 2.44 bits per heavy atom. The van der Waals surface area contributed by atoms with E-state index in [1.165, 1.54) is 0 Å². The number of ketones is 1. The molecule has 0 saturated carbocycles. The lowest BCUT2D eigenvalue weighted by Crippen LogP contribution is -2.12. The van der Waals surface area contributed by atoms with Gasteiger partial charge in [-0.2, -0.15) is 0 Å². The molecule has 1 aromatic carbocycles. The molecule has 3 heteroatoms. The van der Waals surface area contributed by atoms with Crippen LogP contribution in [0.25, 0.3) is 0 Å². The summed E-state index contributed by atoms with van der Waals surface area (Å²) in [5, 5.41) is 0. The van der Waals surface area contributed by atoms with Gasteiger partial charge < -0.3 is 0 Å². The van der Waals surface area contributed by atoms with E-state index in [1.54, 1.807) is 0 Å². The van der Waals surface area contributed by atoms with Crippen molar-refractivity contribution in [1.82, 2.24) is 9.97 Å². The molecule has 0 unspecified atom stereocenters. The van der Waals surface area contributed by atoms with Gasteiger partial charge in [-0.05, 0) is 63.1 Å². The number of aryl methyl sites for hydroxylation is 4. The normalized spacial score (nSPS) is 14.2. The third-order valence-corrected chi connectivity index (χ3v) is 4.88. The van der Waals surface area contributed by atoms with Crippen LogP contribution in [0.4, 0.5) is 0 Å². The van der Waals surface area contributed by atoms with Gasteiger partial charge in [-0.15, -0.1) is 0 Å². The summed E-state index contributed by atoms with van der Waals surface area (Å²) in [6.07, 6.45) is 11.3. The maximum absolute atomic E-state index is 13.0. The van der Waals surface area contributed by atoms with Crippen LogP contribution in [0.1, 0.15) is 64.8 Å². The van der Waals surface area contributed by atoms with Crippen molar-refractivity contribution in [2.75, 3.05) is 0 Å². The number of carbonyl (C=O) groups is 1. The quantitative estimate of drug-likeness (QED) is 0.564. The van der Waals surface area contributed by atoms with Crippen LogP contribution < -0.4 is 0 Å². The van der Waals surface area contributed by atoms with Crippen molar-refractivity contribution in [2.24, 2.45) is 5.92 Å². The Bertz CT molecular complexity index is 779. The largest absolute Gasteiger partial charge is 0.287 e. The zero-order valence-corrected chi connectivity index (χ0v) is 15.4. The number of benzene rings is 1. The highest BCUT2D eigenvalue weighted by molar-refractivity contribution is 6.08. The fourth-order valence-electron chi connectivity index (χ4n) is 3.50. The summed E-state index contributed by atoms with van der Waals surface area (Å²) in [6, 6.07) is 5.97. The molecule has 1 heterocycles. The van der Waals surface area contributed by atoms with Crippen LogP contribution >= 0.6 is 0 Å². The van der Waals surface area contributed by atoms with Crippen LogP contribution in [0.3, 0.4) is 0 Å². The molecule has 0 radical (unpaired) electrons. The van der Waals surface area contributed by atoms with E-state index in [0.29, 0.717) is 11.6 Å². The molecule has 1 aliphatic carbocycles. The first kappa shape index (κ1) is 17.5. The third-order valence-electron chi connectivity index (χ3n) is 4.88. The first-order valence-electron chi connectivity index (χ1n) is 9.19. The lowest BCUT2D eigenvalue weighted by atomic mass is 9.98.